The largest absolute Gasteiger partial charge is 0.300 e. The SMILES string of the molecule is Cc1nnc(NC(=O)CSc2nnc(-c3ccccc3)n2-c2ccccc2)s1. The van der Waals surface area contributed by atoms with E-state index in [-0.39, 0.29) is 11.7 Å². The number of benzene rings is 2. The molecule has 0 aliphatic heterocycles. The standard InChI is InChI=1S/C19H16N6OS2/c1-13-21-23-18(28-13)20-16(26)12-27-19-24-22-17(14-8-4-2-5-9-14)25(19)15-10-6-3-7-11-15/h2-11H,12H2,1H3,(H,20,23,26). The van der Waals surface area contributed by atoms with Crippen LogP contribution in [0.1, 0.15) is 5.01 Å². The number of thioether (sulfide) groups is 1. The second-order valence-corrected chi connectivity index (χ2v) is 7.93. The number of rotatable bonds is 6. The normalized spacial score (nSPS) is 10.8. The first-order valence-electron chi connectivity index (χ1n) is 8.50. The van der Waals surface area contributed by atoms with E-state index in [1.807, 2.05) is 72.2 Å². The molecule has 0 unspecified atom stereocenters. The van der Waals surface area contributed by atoms with E-state index in [2.05, 4.69) is 25.7 Å². The average Bonchev–Trinajstić information content (AvgIpc) is 3.33. The van der Waals surface area contributed by atoms with Crippen molar-refractivity contribution < 1.29 is 4.79 Å². The molecular formula is C19H16N6OS2. The molecule has 2 aromatic carbocycles. The minimum absolute atomic E-state index is 0.162. The number of amides is 1. The molecular weight excluding hydrogens is 392 g/mol. The molecule has 2 aromatic heterocycles. The van der Waals surface area contributed by atoms with Gasteiger partial charge in [-0.3, -0.25) is 14.7 Å². The van der Waals surface area contributed by atoms with Crippen LogP contribution in [0.15, 0.2) is 65.8 Å². The molecule has 0 bridgehead atoms. The molecule has 2 heterocycles. The first-order chi connectivity index (χ1) is 13.7. The summed E-state index contributed by atoms with van der Waals surface area (Å²) in [6, 6.07) is 19.7. The maximum absolute atomic E-state index is 12.3. The molecule has 1 amide bonds. The number of anilines is 1. The summed E-state index contributed by atoms with van der Waals surface area (Å²) in [5.74, 6) is 0.762. The van der Waals surface area contributed by atoms with Crippen LogP contribution in [0.25, 0.3) is 17.1 Å². The Balaban J connectivity index is 1.58. The molecule has 4 aromatic rings. The summed E-state index contributed by atoms with van der Waals surface area (Å²) in [7, 11) is 0. The number of carbonyl (C=O) groups excluding carboxylic acids is 1. The van der Waals surface area contributed by atoms with Crippen molar-refractivity contribution in [2.75, 3.05) is 11.1 Å². The lowest BCUT2D eigenvalue weighted by Crippen LogP contribution is -2.14. The number of hydrogen-bond donors (Lipinski definition) is 1. The van der Waals surface area contributed by atoms with Crippen molar-refractivity contribution in [2.24, 2.45) is 0 Å². The van der Waals surface area contributed by atoms with Gasteiger partial charge in [-0.25, -0.2) is 0 Å². The van der Waals surface area contributed by atoms with Crippen LogP contribution in [0.4, 0.5) is 5.13 Å². The number of carbonyl (C=O) groups is 1. The highest BCUT2D eigenvalue weighted by Gasteiger charge is 2.17. The molecule has 0 saturated carbocycles. The fourth-order valence-corrected chi connectivity index (χ4v) is 3.94. The molecule has 0 spiro atoms. The molecule has 0 aliphatic rings. The second kappa shape index (κ2) is 8.32. The maximum Gasteiger partial charge on any atom is 0.236 e. The van der Waals surface area contributed by atoms with Gasteiger partial charge in [0, 0.05) is 11.3 Å². The van der Waals surface area contributed by atoms with Gasteiger partial charge < -0.3 is 0 Å². The van der Waals surface area contributed by atoms with Crippen molar-refractivity contribution >= 4 is 34.1 Å². The van der Waals surface area contributed by atoms with Crippen molar-refractivity contribution in [3.8, 4) is 17.1 Å². The molecule has 0 fully saturated rings. The zero-order valence-electron chi connectivity index (χ0n) is 14.9. The number of nitrogens with one attached hydrogen (secondary N) is 1. The van der Waals surface area contributed by atoms with Crippen molar-refractivity contribution in [1.29, 1.82) is 0 Å². The van der Waals surface area contributed by atoms with E-state index in [0.29, 0.717) is 10.3 Å². The van der Waals surface area contributed by atoms with E-state index in [9.17, 15) is 4.79 Å². The van der Waals surface area contributed by atoms with Crippen molar-refractivity contribution in [3.63, 3.8) is 0 Å². The summed E-state index contributed by atoms with van der Waals surface area (Å²) in [5.41, 5.74) is 1.90. The quantitative estimate of drug-likeness (QED) is 0.488. The molecule has 0 radical (unpaired) electrons. The molecule has 0 atom stereocenters. The summed E-state index contributed by atoms with van der Waals surface area (Å²) < 4.78 is 1.96. The fourth-order valence-electron chi connectivity index (χ4n) is 2.58. The van der Waals surface area contributed by atoms with E-state index < -0.39 is 0 Å². The molecule has 0 aliphatic carbocycles. The molecule has 4 rings (SSSR count). The van der Waals surface area contributed by atoms with E-state index in [4.69, 9.17) is 0 Å². The number of para-hydroxylation sites is 1. The monoisotopic (exact) mass is 408 g/mol. The van der Waals surface area contributed by atoms with E-state index in [1.165, 1.54) is 23.1 Å². The van der Waals surface area contributed by atoms with Gasteiger partial charge in [-0.1, -0.05) is 71.6 Å². The summed E-state index contributed by atoms with van der Waals surface area (Å²) in [4.78, 5) is 12.3. The number of aryl methyl sites for hydroxylation is 1. The topological polar surface area (TPSA) is 85.6 Å². The third-order valence-electron chi connectivity index (χ3n) is 3.78. The molecule has 28 heavy (non-hydrogen) atoms. The third-order valence-corrected chi connectivity index (χ3v) is 5.47. The highest BCUT2D eigenvalue weighted by atomic mass is 32.2. The van der Waals surface area contributed by atoms with E-state index in [1.54, 1.807) is 0 Å². The lowest BCUT2D eigenvalue weighted by atomic mass is 10.2. The summed E-state index contributed by atoms with van der Waals surface area (Å²) in [6.45, 7) is 1.84. The van der Waals surface area contributed by atoms with E-state index >= 15 is 0 Å². The second-order valence-electron chi connectivity index (χ2n) is 5.81. The predicted octanol–water partition coefficient (Wildman–Crippen LogP) is 3.83. The number of hydrogen-bond acceptors (Lipinski definition) is 7. The summed E-state index contributed by atoms with van der Waals surface area (Å²) in [5, 5.41) is 21.2. The Bertz CT molecular complexity index is 1080. The predicted molar refractivity (Wildman–Crippen MR) is 111 cm³/mol. The van der Waals surface area contributed by atoms with Crippen LogP contribution in [0.3, 0.4) is 0 Å². The van der Waals surface area contributed by atoms with Crippen LogP contribution in [0, 0.1) is 6.92 Å². The zero-order valence-corrected chi connectivity index (χ0v) is 16.6. The van der Waals surface area contributed by atoms with Crippen molar-refractivity contribution in [2.45, 2.75) is 12.1 Å². The van der Waals surface area contributed by atoms with Gasteiger partial charge >= 0.3 is 0 Å². The molecule has 7 nitrogen and oxygen atoms in total. The summed E-state index contributed by atoms with van der Waals surface area (Å²) >= 11 is 2.67. The third kappa shape index (κ3) is 4.10. The molecule has 9 heteroatoms. The highest BCUT2D eigenvalue weighted by molar-refractivity contribution is 7.99. The minimum atomic E-state index is -0.162. The highest BCUT2D eigenvalue weighted by Crippen LogP contribution is 2.28. The van der Waals surface area contributed by atoms with Gasteiger partial charge in [0.2, 0.25) is 11.0 Å². The van der Waals surface area contributed by atoms with Crippen LogP contribution in [-0.4, -0.2) is 36.6 Å². The first-order valence-corrected chi connectivity index (χ1v) is 10.3. The summed E-state index contributed by atoms with van der Waals surface area (Å²) in [6.07, 6.45) is 0. The number of nitrogens with zero attached hydrogens (tertiary/aromatic N) is 5. The minimum Gasteiger partial charge on any atom is -0.300 e. The Hall–Kier alpha value is -3.04. The Kier molecular flexibility index (Phi) is 5.45. The van der Waals surface area contributed by atoms with Gasteiger partial charge in [-0.2, -0.15) is 0 Å². The van der Waals surface area contributed by atoms with Crippen LogP contribution in [0.2, 0.25) is 0 Å². The molecule has 0 saturated heterocycles. The van der Waals surface area contributed by atoms with Gasteiger partial charge in [0.25, 0.3) is 0 Å². The van der Waals surface area contributed by atoms with Crippen LogP contribution in [0.5, 0.6) is 0 Å². The Labute approximate surface area is 169 Å². The maximum atomic E-state index is 12.3. The lowest BCUT2D eigenvalue weighted by molar-refractivity contribution is -0.113. The Morgan fingerprint density at radius 3 is 2.39 bits per heavy atom. The van der Waals surface area contributed by atoms with Gasteiger partial charge in [0.05, 0.1) is 5.75 Å². The molecule has 1 N–H and O–H groups in total. The van der Waals surface area contributed by atoms with Gasteiger partial charge in [-0.05, 0) is 19.1 Å². The average molecular weight is 409 g/mol. The number of aromatic nitrogens is 5. The lowest BCUT2D eigenvalue weighted by Gasteiger charge is -2.10. The smallest absolute Gasteiger partial charge is 0.236 e. The fraction of sp³-hybridized carbons (Fsp3) is 0.105. The van der Waals surface area contributed by atoms with Crippen LogP contribution < -0.4 is 5.32 Å². The van der Waals surface area contributed by atoms with Crippen LogP contribution in [-0.2, 0) is 4.79 Å². The van der Waals surface area contributed by atoms with Gasteiger partial charge in [0.1, 0.15) is 5.01 Å². The van der Waals surface area contributed by atoms with Gasteiger partial charge in [-0.15, -0.1) is 20.4 Å². The van der Waals surface area contributed by atoms with Gasteiger partial charge in [0.15, 0.2) is 11.0 Å². The Morgan fingerprint density at radius 1 is 1.00 bits per heavy atom. The zero-order chi connectivity index (χ0) is 19.3. The van der Waals surface area contributed by atoms with E-state index in [0.717, 1.165) is 22.1 Å². The first kappa shape index (κ1) is 18.3. The van der Waals surface area contributed by atoms with Crippen molar-refractivity contribution in [3.05, 3.63) is 65.7 Å². The van der Waals surface area contributed by atoms with Crippen molar-refractivity contribution in [1.82, 2.24) is 25.0 Å². The van der Waals surface area contributed by atoms with Crippen LogP contribution >= 0.6 is 23.1 Å². The molecule has 140 valence electrons. The Morgan fingerprint density at radius 2 is 1.71 bits per heavy atom.